The van der Waals surface area contributed by atoms with Crippen LogP contribution < -0.4 is 0 Å². The number of hydrogen-bond donors (Lipinski definition) is 0. The summed E-state index contributed by atoms with van der Waals surface area (Å²) in [6.07, 6.45) is 6.67. The molecule has 1 unspecified atom stereocenters. The molecule has 0 aliphatic heterocycles. The minimum atomic E-state index is 0.748. The molecule has 0 spiro atoms. The summed E-state index contributed by atoms with van der Waals surface area (Å²) in [5.41, 5.74) is 6.40. The van der Waals surface area contributed by atoms with E-state index in [2.05, 4.69) is 52.0 Å². The van der Waals surface area contributed by atoms with E-state index in [0.29, 0.717) is 0 Å². The molecule has 0 heteroatoms. The Bertz CT molecular complexity index is 451. The SMILES string of the molecule is CC1=C(C(C)C)CCC(CCc2ccccc2C)C1. The van der Waals surface area contributed by atoms with E-state index < -0.39 is 0 Å². The van der Waals surface area contributed by atoms with Crippen molar-refractivity contribution < 1.29 is 0 Å². The molecule has 2 rings (SSSR count). The lowest BCUT2D eigenvalue weighted by Gasteiger charge is -2.28. The summed E-state index contributed by atoms with van der Waals surface area (Å²) in [5, 5.41) is 0. The van der Waals surface area contributed by atoms with Crippen LogP contribution in [0.4, 0.5) is 0 Å². The molecule has 104 valence electrons. The van der Waals surface area contributed by atoms with E-state index in [1.54, 1.807) is 16.7 Å². The van der Waals surface area contributed by atoms with E-state index in [4.69, 9.17) is 0 Å². The Hall–Kier alpha value is -1.04. The number of aryl methyl sites for hydroxylation is 2. The molecular formula is C19H28. The van der Waals surface area contributed by atoms with Crippen LogP contribution in [0, 0.1) is 18.8 Å². The number of rotatable bonds is 4. The fraction of sp³-hybridized carbons (Fsp3) is 0.579. The molecule has 0 saturated carbocycles. The van der Waals surface area contributed by atoms with Gasteiger partial charge in [-0.3, -0.25) is 0 Å². The predicted octanol–water partition coefficient (Wildman–Crippen LogP) is 5.70. The molecule has 19 heavy (non-hydrogen) atoms. The maximum atomic E-state index is 2.36. The van der Waals surface area contributed by atoms with Gasteiger partial charge in [-0.1, -0.05) is 49.3 Å². The largest absolute Gasteiger partial charge is 0.0736 e. The molecule has 0 nitrogen and oxygen atoms in total. The fourth-order valence-electron chi connectivity index (χ4n) is 3.52. The quantitative estimate of drug-likeness (QED) is 0.606. The van der Waals surface area contributed by atoms with Crippen molar-refractivity contribution in [3.05, 3.63) is 46.5 Å². The topological polar surface area (TPSA) is 0 Å². The molecule has 0 radical (unpaired) electrons. The first kappa shape index (κ1) is 14.4. The molecule has 0 aromatic heterocycles. The van der Waals surface area contributed by atoms with Crippen LogP contribution in [-0.2, 0) is 6.42 Å². The van der Waals surface area contributed by atoms with E-state index in [1.807, 2.05) is 0 Å². The standard InChI is InChI=1S/C19H28/c1-14(2)19-12-10-17(13-16(19)4)9-11-18-8-6-5-7-15(18)3/h5-8,14,17H,9-13H2,1-4H3. The van der Waals surface area contributed by atoms with Crippen LogP contribution >= 0.6 is 0 Å². The van der Waals surface area contributed by atoms with E-state index in [0.717, 1.165) is 11.8 Å². The van der Waals surface area contributed by atoms with Gasteiger partial charge in [-0.15, -0.1) is 0 Å². The highest BCUT2D eigenvalue weighted by molar-refractivity contribution is 5.26. The predicted molar refractivity (Wildman–Crippen MR) is 84.4 cm³/mol. The Balaban J connectivity index is 1.91. The minimum Gasteiger partial charge on any atom is -0.0736 e. The Morgan fingerprint density at radius 2 is 1.89 bits per heavy atom. The molecule has 1 atom stereocenters. The summed E-state index contributed by atoms with van der Waals surface area (Å²) in [7, 11) is 0. The normalized spacial score (nSPS) is 20.2. The summed E-state index contributed by atoms with van der Waals surface area (Å²) in [6.45, 7) is 9.27. The van der Waals surface area contributed by atoms with Crippen molar-refractivity contribution in [1.29, 1.82) is 0 Å². The van der Waals surface area contributed by atoms with Crippen molar-refractivity contribution in [2.75, 3.05) is 0 Å². The zero-order valence-electron chi connectivity index (χ0n) is 13.0. The number of benzene rings is 1. The van der Waals surface area contributed by atoms with Crippen LogP contribution in [0.25, 0.3) is 0 Å². The minimum absolute atomic E-state index is 0.748. The van der Waals surface area contributed by atoms with Crippen molar-refractivity contribution in [3.63, 3.8) is 0 Å². The van der Waals surface area contributed by atoms with Crippen molar-refractivity contribution in [1.82, 2.24) is 0 Å². The van der Waals surface area contributed by atoms with Gasteiger partial charge < -0.3 is 0 Å². The molecule has 0 amide bonds. The average molecular weight is 256 g/mol. The second-order valence-corrected chi connectivity index (χ2v) is 6.53. The summed E-state index contributed by atoms with van der Waals surface area (Å²) < 4.78 is 0. The van der Waals surface area contributed by atoms with Gasteiger partial charge in [-0.05, 0) is 68.9 Å². The first-order valence-electron chi connectivity index (χ1n) is 7.81. The lowest BCUT2D eigenvalue weighted by molar-refractivity contribution is 0.410. The maximum Gasteiger partial charge on any atom is -0.0258 e. The highest BCUT2D eigenvalue weighted by Crippen LogP contribution is 2.35. The summed E-state index contributed by atoms with van der Waals surface area (Å²) in [4.78, 5) is 0. The van der Waals surface area contributed by atoms with Gasteiger partial charge in [0, 0.05) is 0 Å². The Morgan fingerprint density at radius 3 is 2.53 bits per heavy atom. The van der Waals surface area contributed by atoms with Crippen LogP contribution in [0.5, 0.6) is 0 Å². The van der Waals surface area contributed by atoms with Crippen LogP contribution in [0.3, 0.4) is 0 Å². The third kappa shape index (κ3) is 3.72. The Kier molecular flexibility index (Phi) is 4.85. The zero-order chi connectivity index (χ0) is 13.8. The summed E-state index contributed by atoms with van der Waals surface area (Å²) in [6, 6.07) is 8.84. The van der Waals surface area contributed by atoms with Crippen LogP contribution in [0.1, 0.15) is 57.6 Å². The van der Waals surface area contributed by atoms with Crippen molar-refractivity contribution in [2.45, 2.75) is 59.8 Å². The van der Waals surface area contributed by atoms with E-state index in [9.17, 15) is 0 Å². The van der Waals surface area contributed by atoms with Gasteiger partial charge in [-0.25, -0.2) is 0 Å². The fourth-order valence-corrected chi connectivity index (χ4v) is 3.52. The van der Waals surface area contributed by atoms with Gasteiger partial charge in [0.2, 0.25) is 0 Å². The first-order valence-corrected chi connectivity index (χ1v) is 7.81. The lowest BCUT2D eigenvalue weighted by Crippen LogP contribution is -2.13. The second kappa shape index (κ2) is 6.41. The van der Waals surface area contributed by atoms with Crippen molar-refractivity contribution >= 4 is 0 Å². The molecule has 1 aliphatic rings. The van der Waals surface area contributed by atoms with E-state index in [-0.39, 0.29) is 0 Å². The van der Waals surface area contributed by atoms with Gasteiger partial charge in [-0.2, -0.15) is 0 Å². The Morgan fingerprint density at radius 1 is 1.16 bits per heavy atom. The van der Waals surface area contributed by atoms with Gasteiger partial charge in [0.1, 0.15) is 0 Å². The first-order chi connectivity index (χ1) is 9.08. The molecular weight excluding hydrogens is 228 g/mol. The molecule has 1 aromatic rings. The van der Waals surface area contributed by atoms with Crippen LogP contribution in [0.15, 0.2) is 35.4 Å². The molecule has 0 saturated heterocycles. The van der Waals surface area contributed by atoms with Crippen LogP contribution in [0.2, 0.25) is 0 Å². The molecule has 0 fully saturated rings. The summed E-state index contributed by atoms with van der Waals surface area (Å²) in [5.74, 6) is 1.65. The smallest absolute Gasteiger partial charge is 0.0258 e. The number of hydrogen-bond acceptors (Lipinski definition) is 0. The third-order valence-electron chi connectivity index (χ3n) is 4.75. The van der Waals surface area contributed by atoms with Gasteiger partial charge >= 0.3 is 0 Å². The van der Waals surface area contributed by atoms with Crippen molar-refractivity contribution in [2.24, 2.45) is 11.8 Å². The molecule has 1 aromatic carbocycles. The van der Waals surface area contributed by atoms with Gasteiger partial charge in [0.15, 0.2) is 0 Å². The van der Waals surface area contributed by atoms with Crippen molar-refractivity contribution in [3.8, 4) is 0 Å². The summed E-state index contributed by atoms with van der Waals surface area (Å²) >= 11 is 0. The monoisotopic (exact) mass is 256 g/mol. The van der Waals surface area contributed by atoms with E-state index in [1.165, 1.54) is 37.7 Å². The Labute approximate surface area is 118 Å². The third-order valence-corrected chi connectivity index (χ3v) is 4.75. The van der Waals surface area contributed by atoms with Gasteiger partial charge in [0.25, 0.3) is 0 Å². The molecule has 0 heterocycles. The molecule has 0 bridgehead atoms. The van der Waals surface area contributed by atoms with Crippen LogP contribution in [-0.4, -0.2) is 0 Å². The van der Waals surface area contributed by atoms with E-state index >= 15 is 0 Å². The second-order valence-electron chi connectivity index (χ2n) is 6.53. The maximum absolute atomic E-state index is 2.36. The molecule has 1 aliphatic carbocycles. The zero-order valence-corrected chi connectivity index (χ0v) is 13.0. The highest BCUT2D eigenvalue weighted by Gasteiger charge is 2.20. The number of allylic oxidation sites excluding steroid dienone is 2. The van der Waals surface area contributed by atoms with Gasteiger partial charge in [0.05, 0.1) is 0 Å². The average Bonchev–Trinajstić information content (AvgIpc) is 2.37. The lowest BCUT2D eigenvalue weighted by atomic mass is 9.78. The highest BCUT2D eigenvalue weighted by atomic mass is 14.3. The molecule has 0 N–H and O–H groups in total.